The Kier molecular flexibility index (Phi) is 5.70. The summed E-state index contributed by atoms with van der Waals surface area (Å²) in [6.45, 7) is 5.70. The van der Waals surface area contributed by atoms with E-state index in [1.54, 1.807) is 0 Å². The van der Waals surface area contributed by atoms with Gasteiger partial charge in [0.05, 0.1) is 0 Å². The second-order valence-electron chi connectivity index (χ2n) is 6.64. The fraction of sp³-hybridized carbons (Fsp3) is 0.588. The van der Waals surface area contributed by atoms with Crippen molar-refractivity contribution in [3.05, 3.63) is 35.4 Å². The van der Waals surface area contributed by atoms with Crippen LogP contribution in [0.4, 0.5) is 8.78 Å². The molecule has 1 atom stereocenters. The number of nitrogens with one attached hydrogen (secondary N) is 1. The van der Waals surface area contributed by atoms with Gasteiger partial charge in [-0.15, -0.1) is 0 Å². The first-order chi connectivity index (χ1) is 10.8. The van der Waals surface area contributed by atoms with E-state index < -0.39 is 17.2 Å². The number of carbonyl (C=O) groups excluding carboxylic acids is 1. The molecule has 0 aromatic heterocycles. The highest BCUT2D eigenvalue weighted by Gasteiger charge is 2.41. The van der Waals surface area contributed by atoms with Crippen LogP contribution in [0.3, 0.4) is 0 Å². The summed E-state index contributed by atoms with van der Waals surface area (Å²) in [5.41, 5.74) is -0.914. The third kappa shape index (κ3) is 4.48. The molecule has 1 saturated heterocycles. The normalized spacial score (nSPS) is 22.0. The maximum absolute atomic E-state index is 13.3. The third-order valence-electron chi connectivity index (χ3n) is 4.03. The third-order valence-corrected chi connectivity index (χ3v) is 4.03. The predicted octanol–water partition coefficient (Wildman–Crippen LogP) is 2.06. The second-order valence-corrected chi connectivity index (χ2v) is 6.64. The van der Waals surface area contributed by atoms with E-state index >= 15 is 0 Å². The number of benzene rings is 1. The zero-order chi connectivity index (χ0) is 17.0. The van der Waals surface area contributed by atoms with Crippen LogP contribution in [0.5, 0.6) is 0 Å². The molecule has 1 heterocycles. The number of halogens is 2. The zero-order valence-electron chi connectivity index (χ0n) is 13.6. The van der Waals surface area contributed by atoms with Crippen molar-refractivity contribution in [3.8, 4) is 0 Å². The van der Waals surface area contributed by atoms with Crippen LogP contribution in [0.1, 0.15) is 32.3 Å². The second kappa shape index (κ2) is 7.36. The Morgan fingerprint density at radius 1 is 1.35 bits per heavy atom. The van der Waals surface area contributed by atoms with E-state index in [4.69, 9.17) is 0 Å². The maximum atomic E-state index is 13.3. The molecule has 23 heavy (non-hydrogen) atoms. The van der Waals surface area contributed by atoms with E-state index in [9.17, 15) is 18.7 Å². The van der Waals surface area contributed by atoms with Gasteiger partial charge < -0.3 is 15.3 Å². The molecule has 0 spiro atoms. The molecule has 2 N–H and O–H groups in total. The van der Waals surface area contributed by atoms with Gasteiger partial charge in [0.25, 0.3) is 5.91 Å². The molecule has 1 aliphatic rings. The molecular weight excluding hydrogens is 302 g/mol. The first-order valence-electron chi connectivity index (χ1n) is 7.98. The summed E-state index contributed by atoms with van der Waals surface area (Å²) >= 11 is 0. The molecule has 0 saturated carbocycles. The first kappa shape index (κ1) is 17.8. The monoisotopic (exact) mass is 326 g/mol. The van der Waals surface area contributed by atoms with Gasteiger partial charge in [-0.05, 0) is 43.0 Å². The molecule has 1 fully saturated rings. The zero-order valence-corrected chi connectivity index (χ0v) is 13.6. The minimum Gasteiger partial charge on any atom is -0.379 e. The minimum absolute atomic E-state index is 0.169. The van der Waals surface area contributed by atoms with Crippen molar-refractivity contribution >= 4 is 5.91 Å². The average Bonchev–Trinajstić information content (AvgIpc) is 2.47. The van der Waals surface area contributed by atoms with Crippen LogP contribution < -0.4 is 5.32 Å². The van der Waals surface area contributed by atoms with Crippen LogP contribution in [0.15, 0.2) is 18.2 Å². The molecule has 0 unspecified atom stereocenters. The van der Waals surface area contributed by atoms with Crippen LogP contribution in [0, 0.1) is 17.6 Å². The van der Waals surface area contributed by atoms with Gasteiger partial charge in [0, 0.05) is 19.6 Å². The molecule has 0 aliphatic carbocycles. The summed E-state index contributed by atoms with van der Waals surface area (Å²) < 4.78 is 26.3. The Balaban J connectivity index is 2.02. The first-order valence-corrected chi connectivity index (χ1v) is 7.98. The molecule has 6 heteroatoms. The van der Waals surface area contributed by atoms with Gasteiger partial charge in [-0.25, -0.2) is 8.78 Å². The Bertz CT molecular complexity index is 566. The van der Waals surface area contributed by atoms with Crippen molar-refractivity contribution in [2.75, 3.05) is 19.6 Å². The summed E-state index contributed by atoms with van der Waals surface area (Å²) in [4.78, 5) is 14.1. The van der Waals surface area contributed by atoms with Gasteiger partial charge in [0.1, 0.15) is 0 Å². The quantitative estimate of drug-likeness (QED) is 0.841. The number of rotatable bonds is 6. The molecule has 1 aromatic rings. The van der Waals surface area contributed by atoms with E-state index in [-0.39, 0.29) is 19.0 Å². The topological polar surface area (TPSA) is 52.6 Å². The molecule has 1 amide bonds. The number of piperidine rings is 1. The van der Waals surface area contributed by atoms with Crippen molar-refractivity contribution in [1.82, 2.24) is 10.2 Å². The number of hydrogen-bond donors (Lipinski definition) is 2. The van der Waals surface area contributed by atoms with Gasteiger partial charge in [0.2, 0.25) is 0 Å². The number of aliphatic hydroxyl groups is 1. The lowest BCUT2D eigenvalue weighted by Gasteiger charge is -2.38. The van der Waals surface area contributed by atoms with E-state index in [1.807, 2.05) is 0 Å². The van der Waals surface area contributed by atoms with Gasteiger partial charge in [0.15, 0.2) is 17.2 Å². The van der Waals surface area contributed by atoms with E-state index in [0.717, 1.165) is 18.7 Å². The Morgan fingerprint density at radius 3 is 2.74 bits per heavy atom. The van der Waals surface area contributed by atoms with Crippen LogP contribution in [-0.2, 0) is 11.3 Å². The molecular formula is C17H24F2N2O2. The van der Waals surface area contributed by atoms with E-state index in [0.29, 0.717) is 30.9 Å². The lowest BCUT2D eigenvalue weighted by molar-refractivity contribution is -0.157. The fourth-order valence-corrected chi connectivity index (χ4v) is 2.81. The summed E-state index contributed by atoms with van der Waals surface area (Å²) in [6, 6.07) is 3.60. The van der Waals surface area contributed by atoms with Crippen molar-refractivity contribution in [2.45, 2.75) is 38.8 Å². The van der Waals surface area contributed by atoms with Gasteiger partial charge in [-0.3, -0.25) is 4.79 Å². The van der Waals surface area contributed by atoms with Gasteiger partial charge >= 0.3 is 0 Å². The lowest BCUT2D eigenvalue weighted by atomic mass is 9.91. The Labute approximate surface area is 135 Å². The van der Waals surface area contributed by atoms with Crippen molar-refractivity contribution < 1.29 is 18.7 Å². The standard InChI is InChI=1S/C17H24F2N2O2/c1-12(2)9-20-11-17(23)6-3-7-21(16(17)22)10-13-4-5-14(18)15(19)8-13/h4-5,8,12,20,23H,3,6-7,9-11H2,1-2H3/t17-/m0/s1. The molecule has 2 rings (SSSR count). The molecule has 4 nitrogen and oxygen atoms in total. The summed E-state index contributed by atoms with van der Waals surface area (Å²) in [7, 11) is 0. The smallest absolute Gasteiger partial charge is 0.256 e. The fourth-order valence-electron chi connectivity index (χ4n) is 2.81. The minimum atomic E-state index is -1.42. The van der Waals surface area contributed by atoms with E-state index in [1.165, 1.54) is 11.0 Å². The van der Waals surface area contributed by atoms with Crippen LogP contribution in [-0.4, -0.2) is 41.1 Å². The van der Waals surface area contributed by atoms with Gasteiger partial charge in [-0.2, -0.15) is 0 Å². The highest BCUT2D eigenvalue weighted by Crippen LogP contribution is 2.24. The number of carbonyl (C=O) groups is 1. The largest absolute Gasteiger partial charge is 0.379 e. The number of amides is 1. The van der Waals surface area contributed by atoms with Crippen LogP contribution in [0.25, 0.3) is 0 Å². The Hall–Kier alpha value is -1.53. The van der Waals surface area contributed by atoms with Crippen molar-refractivity contribution in [3.63, 3.8) is 0 Å². The SMILES string of the molecule is CC(C)CNC[C@@]1(O)CCCN(Cc2ccc(F)c(F)c2)C1=O. The average molecular weight is 326 g/mol. The molecule has 1 aliphatic heterocycles. The number of nitrogens with zero attached hydrogens (tertiary/aromatic N) is 1. The molecule has 128 valence electrons. The molecule has 1 aromatic carbocycles. The summed E-state index contributed by atoms with van der Waals surface area (Å²) in [5, 5.41) is 13.7. The maximum Gasteiger partial charge on any atom is 0.256 e. The van der Waals surface area contributed by atoms with E-state index in [2.05, 4.69) is 19.2 Å². The van der Waals surface area contributed by atoms with Crippen molar-refractivity contribution in [1.29, 1.82) is 0 Å². The molecule has 0 radical (unpaired) electrons. The highest BCUT2D eigenvalue weighted by atomic mass is 19.2. The Morgan fingerprint density at radius 2 is 2.09 bits per heavy atom. The van der Waals surface area contributed by atoms with Crippen LogP contribution >= 0.6 is 0 Å². The van der Waals surface area contributed by atoms with Gasteiger partial charge in [-0.1, -0.05) is 19.9 Å². The van der Waals surface area contributed by atoms with Crippen LogP contribution in [0.2, 0.25) is 0 Å². The lowest BCUT2D eigenvalue weighted by Crippen LogP contribution is -2.57. The van der Waals surface area contributed by atoms with Crippen molar-refractivity contribution in [2.24, 2.45) is 5.92 Å². The summed E-state index contributed by atoms with van der Waals surface area (Å²) in [5.74, 6) is -1.77. The highest BCUT2D eigenvalue weighted by molar-refractivity contribution is 5.86. The summed E-state index contributed by atoms with van der Waals surface area (Å²) in [6.07, 6.45) is 1.08. The number of hydrogen-bond acceptors (Lipinski definition) is 3. The molecule has 0 bridgehead atoms. The number of likely N-dealkylation sites (tertiary alicyclic amines) is 1. The predicted molar refractivity (Wildman–Crippen MR) is 83.7 cm³/mol.